The number of fused-ring (bicyclic) bond motifs is 1. The number of hydrogen-bond donors (Lipinski definition) is 1. The highest BCUT2D eigenvalue weighted by molar-refractivity contribution is 6.31. The molecule has 6 heteroatoms. The van der Waals surface area contributed by atoms with Gasteiger partial charge in [-0.05, 0) is 30.3 Å². The summed E-state index contributed by atoms with van der Waals surface area (Å²) >= 11 is 5.85. The number of hydrogen-bond acceptors (Lipinski definition) is 4. The molecular weight excluding hydrogens is 290 g/mol. The van der Waals surface area contributed by atoms with Crippen molar-refractivity contribution in [1.82, 2.24) is 9.38 Å². The molecular formula is C15H12ClN3O2. The average molecular weight is 302 g/mol. The molecule has 5 nitrogen and oxygen atoms in total. The zero-order chi connectivity index (χ0) is 14.8. The number of benzene rings is 1. The summed E-state index contributed by atoms with van der Waals surface area (Å²) in [5.74, 6) is -0.521. The van der Waals surface area contributed by atoms with E-state index in [1.165, 1.54) is 6.07 Å². The maximum atomic E-state index is 12.0. The van der Waals surface area contributed by atoms with Crippen molar-refractivity contribution in [3.05, 3.63) is 65.1 Å². The van der Waals surface area contributed by atoms with E-state index in [0.29, 0.717) is 16.4 Å². The molecule has 0 atom stereocenters. The zero-order valence-electron chi connectivity index (χ0n) is 11.0. The van der Waals surface area contributed by atoms with Gasteiger partial charge in [-0.1, -0.05) is 17.7 Å². The number of anilines is 1. The van der Waals surface area contributed by atoms with Gasteiger partial charge in [0.2, 0.25) is 0 Å². The molecule has 2 heterocycles. The van der Waals surface area contributed by atoms with Gasteiger partial charge in [-0.3, -0.25) is 0 Å². The van der Waals surface area contributed by atoms with Crippen LogP contribution in [0.15, 0.2) is 48.8 Å². The molecule has 3 rings (SSSR count). The topological polar surface area (TPSA) is 69.6 Å². The van der Waals surface area contributed by atoms with Crippen LogP contribution in [0.25, 0.3) is 5.65 Å². The van der Waals surface area contributed by atoms with Crippen LogP contribution in [0, 0.1) is 0 Å². The summed E-state index contributed by atoms with van der Waals surface area (Å²) in [7, 11) is 0. The number of pyridine rings is 1. The summed E-state index contributed by atoms with van der Waals surface area (Å²) < 4.78 is 7.08. The van der Waals surface area contributed by atoms with Crippen molar-refractivity contribution in [1.29, 1.82) is 0 Å². The standard InChI is InChI=1S/C15H12ClN3O2/c16-10-4-5-13(17)12(7-10)15(20)21-9-11-8-19-6-2-1-3-14(19)18-11/h1-8H,9,17H2. The summed E-state index contributed by atoms with van der Waals surface area (Å²) in [6.45, 7) is 0.0759. The molecule has 2 aromatic heterocycles. The molecule has 3 aromatic rings. The van der Waals surface area contributed by atoms with Gasteiger partial charge < -0.3 is 14.9 Å². The zero-order valence-corrected chi connectivity index (χ0v) is 11.7. The van der Waals surface area contributed by atoms with Gasteiger partial charge in [0.05, 0.1) is 11.3 Å². The Balaban J connectivity index is 1.74. The number of aromatic nitrogens is 2. The van der Waals surface area contributed by atoms with E-state index in [9.17, 15) is 4.79 Å². The molecule has 0 saturated carbocycles. The van der Waals surface area contributed by atoms with Crippen LogP contribution in [0.4, 0.5) is 5.69 Å². The van der Waals surface area contributed by atoms with Gasteiger partial charge in [-0.15, -0.1) is 0 Å². The minimum Gasteiger partial charge on any atom is -0.455 e. The molecule has 21 heavy (non-hydrogen) atoms. The quantitative estimate of drug-likeness (QED) is 0.596. The van der Waals surface area contributed by atoms with Gasteiger partial charge in [0.25, 0.3) is 0 Å². The monoisotopic (exact) mass is 301 g/mol. The number of halogens is 1. The Morgan fingerprint density at radius 3 is 3.00 bits per heavy atom. The van der Waals surface area contributed by atoms with E-state index in [0.717, 1.165) is 5.65 Å². The molecule has 1 aromatic carbocycles. The number of ether oxygens (including phenoxy) is 1. The lowest BCUT2D eigenvalue weighted by atomic mass is 10.2. The van der Waals surface area contributed by atoms with Crippen molar-refractivity contribution < 1.29 is 9.53 Å². The fraction of sp³-hybridized carbons (Fsp3) is 0.0667. The molecule has 0 aliphatic heterocycles. The summed E-state index contributed by atoms with van der Waals surface area (Å²) in [4.78, 5) is 16.4. The number of carbonyl (C=O) groups excluding carboxylic acids is 1. The first-order valence-electron chi connectivity index (χ1n) is 6.28. The third kappa shape index (κ3) is 2.83. The number of rotatable bonds is 3. The first-order chi connectivity index (χ1) is 10.1. The summed E-state index contributed by atoms with van der Waals surface area (Å²) in [6.07, 6.45) is 3.69. The highest BCUT2D eigenvalue weighted by atomic mass is 35.5. The van der Waals surface area contributed by atoms with Crippen LogP contribution in [-0.2, 0) is 11.3 Å². The van der Waals surface area contributed by atoms with Crippen molar-refractivity contribution in [2.24, 2.45) is 0 Å². The van der Waals surface area contributed by atoms with E-state index < -0.39 is 5.97 Å². The highest BCUT2D eigenvalue weighted by Gasteiger charge is 2.13. The normalized spacial score (nSPS) is 10.7. The van der Waals surface area contributed by atoms with Gasteiger partial charge in [0.1, 0.15) is 12.3 Å². The maximum absolute atomic E-state index is 12.0. The largest absolute Gasteiger partial charge is 0.455 e. The van der Waals surface area contributed by atoms with Crippen LogP contribution in [0.2, 0.25) is 5.02 Å². The Kier molecular flexibility index (Phi) is 3.50. The third-order valence-electron chi connectivity index (χ3n) is 3.00. The molecule has 2 N–H and O–H groups in total. The van der Waals surface area contributed by atoms with E-state index in [2.05, 4.69) is 4.98 Å². The molecule has 0 aliphatic carbocycles. The van der Waals surface area contributed by atoms with E-state index >= 15 is 0 Å². The predicted molar refractivity (Wildman–Crippen MR) is 80.2 cm³/mol. The molecule has 0 radical (unpaired) electrons. The molecule has 106 valence electrons. The summed E-state index contributed by atoms with van der Waals surface area (Å²) in [5.41, 5.74) is 7.79. The van der Waals surface area contributed by atoms with E-state index in [-0.39, 0.29) is 12.2 Å². The SMILES string of the molecule is Nc1ccc(Cl)cc1C(=O)OCc1cn2ccccc2n1. The second-order valence-corrected chi connectivity index (χ2v) is 4.94. The molecule has 0 amide bonds. The number of nitrogen functional groups attached to an aromatic ring is 1. The highest BCUT2D eigenvalue weighted by Crippen LogP contribution is 2.19. The van der Waals surface area contributed by atoms with Crippen LogP contribution >= 0.6 is 11.6 Å². The molecule has 0 aliphatic rings. The number of nitrogens with zero attached hydrogens (tertiary/aromatic N) is 2. The van der Waals surface area contributed by atoms with Crippen molar-refractivity contribution in [2.45, 2.75) is 6.61 Å². The van der Waals surface area contributed by atoms with Crippen molar-refractivity contribution in [2.75, 3.05) is 5.73 Å². The van der Waals surface area contributed by atoms with Gasteiger partial charge in [-0.25, -0.2) is 9.78 Å². The summed E-state index contributed by atoms with van der Waals surface area (Å²) in [5, 5.41) is 0.434. The molecule has 0 bridgehead atoms. The Labute approximate surface area is 125 Å². The number of esters is 1. The predicted octanol–water partition coefficient (Wildman–Crippen LogP) is 2.93. The number of carbonyl (C=O) groups is 1. The average Bonchev–Trinajstić information content (AvgIpc) is 2.90. The fourth-order valence-corrected chi connectivity index (χ4v) is 2.15. The van der Waals surface area contributed by atoms with Crippen molar-refractivity contribution in [3.8, 4) is 0 Å². The second-order valence-electron chi connectivity index (χ2n) is 4.51. The van der Waals surface area contributed by atoms with E-state index in [1.807, 2.05) is 35.0 Å². The Morgan fingerprint density at radius 1 is 1.33 bits per heavy atom. The van der Waals surface area contributed by atoms with Crippen LogP contribution in [0.3, 0.4) is 0 Å². The lowest BCUT2D eigenvalue weighted by Crippen LogP contribution is -2.08. The van der Waals surface area contributed by atoms with E-state index in [1.54, 1.807) is 12.1 Å². The lowest BCUT2D eigenvalue weighted by molar-refractivity contribution is 0.0469. The van der Waals surface area contributed by atoms with Gasteiger partial charge in [0, 0.05) is 23.1 Å². The first-order valence-corrected chi connectivity index (χ1v) is 6.66. The maximum Gasteiger partial charge on any atom is 0.340 e. The second kappa shape index (κ2) is 5.46. The Morgan fingerprint density at radius 2 is 2.19 bits per heavy atom. The van der Waals surface area contributed by atoms with Gasteiger partial charge in [-0.2, -0.15) is 0 Å². The number of nitrogens with two attached hydrogens (primary N) is 1. The van der Waals surface area contributed by atoms with Crippen molar-refractivity contribution in [3.63, 3.8) is 0 Å². The van der Waals surface area contributed by atoms with Crippen LogP contribution in [0.1, 0.15) is 16.1 Å². The van der Waals surface area contributed by atoms with E-state index in [4.69, 9.17) is 22.1 Å². The fourth-order valence-electron chi connectivity index (χ4n) is 1.98. The summed E-state index contributed by atoms with van der Waals surface area (Å²) in [6, 6.07) is 10.4. The van der Waals surface area contributed by atoms with Crippen molar-refractivity contribution >= 4 is 28.9 Å². The third-order valence-corrected chi connectivity index (χ3v) is 3.24. The van der Waals surface area contributed by atoms with Gasteiger partial charge >= 0.3 is 5.97 Å². The first kappa shape index (κ1) is 13.5. The Bertz CT molecular complexity index is 781. The molecule has 0 unspecified atom stereocenters. The minimum absolute atomic E-state index is 0.0759. The van der Waals surface area contributed by atoms with Crippen LogP contribution in [-0.4, -0.2) is 15.4 Å². The number of imidazole rings is 1. The molecule has 0 saturated heterocycles. The molecule has 0 spiro atoms. The van der Waals surface area contributed by atoms with Crippen LogP contribution < -0.4 is 5.73 Å². The Hall–Kier alpha value is -2.53. The molecule has 0 fully saturated rings. The minimum atomic E-state index is -0.521. The lowest BCUT2D eigenvalue weighted by Gasteiger charge is -2.06. The smallest absolute Gasteiger partial charge is 0.340 e. The van der Waals surface area contributed by atoms with Gasteiger partial charge in [0.15, 0.2) is 0 Å². The van der Waals surface area contributed by atoms with Crippen LogP contribution in [0.5, 0.6) is 0 Å².